The molecule has 0 aromatic heterocycles. The Morgan fingerprint density at radius 1 is 1.09 bits per heavy atom. The van der Waals surface area contributed by atoms with Gasteiger partial charge in [-0.25, -0.2) is 13.6 Å². The van der Waals surface area contributed by atoms with Crippen molar-refractivity contribution < 1.29 is 37.5 Å². The molecule has 1 aliphatic heterocycles. The zero-order valence-corrected chi connectivity index (χ0v) is 19.9. The monoisotopic (exact) mass is 476 g/mol. The number of halogens is 2. The molecule has 0 aromatic carbocycles. The topological polar surface area (TPSA) is 134 Å². The molecule has 188 valence electrons. The molecule has 33 heavy (non-hydrogen) atoms. The van der Waals surface area contributed by atoms with Crippen molar-refractivity contribution in [2.24, 2.45) is 5.41 Å². The molecular weight excluding hydrogens is 442 g/mol. The first kappa shape index (κ1) is 28.2. The second-order valence-corrected chi connectivity index (χ2v) is 9.24. The van der Waals surface area contributed by atoms with Crippen LogP contribution in [0.2, 0.25) is 0 Å². The summed E-state index contributed by atoms with van der Waals surface area (Å²) in [6.07, 6.45) is -1.21. The van der Waals surface area contributed by atoms with Gasteiger partial charge in [0.25, 0.3) is 5.91 Å². The fourth-order valence-electron chi connectivity index (χ4n) is 3.51. The van der Waals surface area contributed by atoms with E-state index in [1.165, 1.54) is 11.9 Å². The highest BCUT2D eigenvalue weighted by molar-refractivity contribution is 6.38. The van der Waals surface area contributed by atoms with Gasteiger partial charge < -0.3 is 25.6 Å². The molecule has 0 unspecified atom stereocenters. The number of hydrogen-bond acceptors (Lipinski definition) is 6. The highest BCUT2D eigenvalue weighted by Gasteiger charge is 2.43. The van der Waals surface area contributed by atoms with Crippen LogP contribution >= 0.6 is 0 Å². The molecule has 3 atom stereocenters. The number of carbonyl (C=O) groups is 5. The van der Waals surface area contributed by atoms with Gasteiger partial charge in [-0.05, 0) is 31.6 Å². The fourth-order valence-corrected chi connectivity index (χ4v) is 3.51. The number of amides is 4. The largest absolute Gasteiger partial charge is 0.453 e. The first-order valence-electron chi connectivity index (χ1n) is 10.7. The van der Waals surface area contributed by atoms with Gasteiger partial charge in [-0.2, -0.15) is 0 Å². The Hall–Kier alpha value is -2.79. The molecule has 12 heteroatoms. The molecule has 0 radical (unpaired) electrons. The van der Waals surface area contributed by atoms with Crippen LogP contribution < -0.4 is 16.0 Å². The van der Waals surface area contributed by atoms with Crippen LogP contribution in [0.4, 0.5) is 13.6 Å². The lowest BCUT2D eigenvalue weighted by molar-refractivity contribution is -0.144. The molecule has 1 rings (SSSR count). The number of hydrogen-bond donors (Lipinski definition) is 3. The van der Waals surface area contributed by atoms with E-state index >= 15 is 0 Å². The molecule has 4 amide bonds. The van der Waals surface area contributed by atoms with Crippen LogP contribution in [0.15, 0.2) is 0 Å². The molecular formula is C21H34F2N4O6. The van der Waals surface area contributed by atoms with Crippen molar-refractivity contribution >= 4 is 29.6 Å². The highest BCUT2D eigenvalue weighted by Crippen LogP contribution is 2.26. The number of ether oxygens (including phenoxy) is 1. The van der Waals surface area contributed by atoms with E-state index < -0.39 is 71.9 Å². The van der Waals surface area contributed by atoms with E-state index in [4.69, 9.17) is 0 Å². The summed E-state index contributed by atoms with van der Waals surface area (Å²) in [5.74, 6) is -6.41. The van der Waals surface area contributed by atoms with E-state index in [2.05, 4.69) is 20.7 Å². The molecule has 0 aromatic rings. The van der Waals surface area contributed by atoms with Crippen LogP contribution in [0, 0.1) is 5.41 Å². The smallest absolute Gasteiger partial charge is 0.407 e. The Morgan fingerprint density at radius 2 is 1.70 bits per heavy atom. The summed E-state index contributed by atoms with van der Waals surface area (Å²) in [6, 6.07) is -3.45. The van der Waals surface area contributed by atoms with Gasteiger partial charge >= 0.3 is 6.09 Å². The molecule has 3 N–H and O–H groups in total. The van der Waals surface area contributed by atoms with Crippen molar-refractivity contribution in [3.05, 3.63) is 0 Å². The molecule has 1 fully saturated rings. The molecule has 1 heterocycles. The van der Waals surface area contributed by atoms with Crippen LogP contribution in [0.5, 0.6) is 0 Å². The molecule has 0 saturated carbocycles. The van der Waals surface area contributed by atoms with Gasteiger partial charge in [-0.1, -0.05) is 20.8 Å². The van der Waals surface area contributed by atoms with Crippen molar-refractivity contribution in [2.45, 2.75) is 77.4 Å². The number of nitrogens with one attached hydrogen (secondary N) is 3. The lowest BCUT2D eigenvalue weighted by atomic mass is 9.85. The molecule has 1 aliphatic rings. The summed E-state index contributed by atoms with van der Waals surface area (Å²) in [6.45, 7) is 6.11. The third kappa shape index (κ3) is 8.25. The van der Waals surface area contributed by atoms with Crippen LogP contribution in [-0.2, 0) is 23.9 Å². The lowest BCUT2D eigenvalue weighted by Crippen LogP contribution is -2.59. The number of alkyl carbamates (subject to hydrolysis) is 1. The Labute approximate surface area is 192 Å². The first-order valence-corrected chi connectivity index (χ1v) is 10.7. The minimum absolute atomic E-state index is 0.230. The van der Waals surface area contributed by atoms with Gasteiger partial charge in [0.15, 0.2) is 0 Å². The average Bonchev–Trinajstić information content (AvgIpc) is 3.21. The SMILES string of the molecule is CNC(=O)C(=O)[C@H](CCC(C)(F)F)NC(=O)[C@@H]1CCCN1C(=O)[C@@H](NC(=O)OC)C(C)(C)C. The number of carbonyl (C=O) groups excluding carboxylic acids is 5. The van der Waals surface area contributed by atoms with Crippen molar-refractivity contribution in [3.8, 4) is 0 Å². The first-order chi connectivity index (χ1) is 15.1. The maximum absolute atomic E-state index is 13.3. The number of ketones is 1. The number of likely N-dealkylation sites (N-methyl/N-ethyl adjacent to an activating group) is 1. The van der Waals surface area contributed by atoms with Gasteiger partial charge in [0.2, 0.25) is 23.5 Å². The summed E-state index contributed by atoms with van der Waals surface area (Å²) in [4.78, 5) is 63.4. The standard InChI is InChI=1S/C21H34F2N4O6/c1-20(2,3)15(26-19(32)33-6)18(31)27-11-7-8-13(27)16(29)25-12(9-10-21(4,22)23)14(28)17(30)24-5/h12-13,15H,7-11H2,1-6H3,(H,24,30)(H,25,29)(H,26,32)/t12-,13-,15+/m0/s1. The Kier molecular flexibility index (Phi) is 9.73. The van der Waals surface area contributed by atoms with Gasteiger partial charge in [-0.3, -0.25) is 19.2 Å². The van der Waals surface area contributed by atoms with E-state index in [0.29, 0.717) is 13.3 Å². The van der Waals surface area contributed by atoms with Crippen LogP contribution in [0.1, 0.15) is 53.4 Å². The van der Waals surface area contributed by atoms with Gasteiger partial charge in [0, 0.05) is 20.0 Å². The summed E-state index contributed by atoms with van der Waals surface area (Å²) in [5, 5.41) is 6.98. The maximum atomic E-state index is 13.3. The zero-order valence-electron chi connectivity index (χ0n) is 19.9. The van der Waals surface area contributed by atoms with Crippen molar-refractivity contribution in [1.82, 2.24) is 20.9 Å². The normalized spacial score (nSPS) is 18.2. The number of Topliss-reactive ketones (excluding diaryl/α,β-unsaturated/α-hetero) is 1. The maximum Gasteiger partial charge on any atom is 0.407 e. The molecule has 0 aliphatic carbocycles. The number of nitrogens with zero attached hydrogens (tertiary/aromatic N) is 1. The Bertz CT molecular complexity index is 763. The summed E-state index contributed by atoms with van der Waals surface area (Å²) in [5.41, 5.74) is -0.709. The molecule has 0 spiro atoms. The van der Waals surface area contributed by atoms with Crippen molar-refractivity contribution in [2.75, 3.05) is 20.7 Å². The van der Waals surface area contributed by atoms with E-state index in [-0.39, 0.29) is 13.0 Å². The fraction of sp³-hybridized carbons (Fsp3) is 0.762. The van der Waals surface area contributed by atoms with Crippen LogP contribution in [0.25, 0.3) is 0 Å². The summed E-state index contributed by atoms with van der Waals surface area (Å²) >= 11 is 0. The molecule has 0 bridgehead atoms. The predicted octanol–water partition coefficient (Wildman–Crippen LogP) is 0.983. The van der Waals surface area contributed by atoms with Crippen LogP contribution in [0.3, 0.4) is 0 Å². The van der Waals surface area contributed by atoms with Crippen molar-refractivity contribution in [3.63, 3.8) is 0 Å². The second kappa shape index (κ2) is 11.4. The van der Waals surface area contributed by atoms with E-state index in [9.17, 15) is 32.8 Å². The predicted molar refractivity (Wildman–Crippen MR) is 114 cm³/mol. The van der Waals surface area contributed by atoms with E-state index in [0.717, 1.165) is 7.11 Å². The van der Waals surface area contributed by atoms with Crippen molar-refractivity contribution in [1.29, 1.82) is 0 Å². The summed E-state index contributed by atoms with van der Waals surface area (Å²) < 4.78 is 31.3. The number of likely N-dealkylation sites (tertiary alicyclic amines) is 1. The quantitative estimate of drug-likeness (QED) is 0.425. The van der Waals surface area contributed by atoms with Gasteiger partial charge in [0.1, 0.15) is 12.1 Å². The van der Waals surface area contributed by atoms with E-state index in [1.807, 2.05) is 0 Å². The zero-order chi connectivity index (χ0) is 25.6. The third-order valence-corrected chi connectivity index (χ3v) is 5.35. The van der Waals surface area contributed by atoms with E-state index in [1.54, 1.807) is 20.8 Å². The highest BCUT2D eigenvalue weighted by atomic mass is 19.3. The minimum Gasteiger partial charge on any atom is -0.453 e. The third-order valence-electron chi connectivity index (χ3n) is 5.35. The number of methoxy groups -OCH3 is 1. The molecule has 10 nitrogen and oxygen atoms in total. The Balaban J connectivity index is 3.07. The second-order valence-electron chi connectivity index (χ2n) is 9.24. The summed E-state index contributed by atoms with van der Waals surface area (Å²) in [7, 11) is 2.38. The average molecular weight is 477 g/mol. The molecule has 1 saturated heterocycles. The number of alkyl halides is 2. The minimum atomic E-state index is -3.10. The van der Waals surface area contributed by atoms with Gasteiger partial charge in [-0.15, -0.1) is 0 Å². The lowest BCUT2D eigenvalue weighted by Gasteiger charge is -2.35. The number of rotatable bonds is 9. The van der Waals surface area contributed by atoms with Crippen LogP contribution in [-0.4, -0.2) is 79.2 Å². The Morgan fingerprint density at radius 3 is 2.18 bits per heavy atom. The van der Waals surface area contributed by atoms with Gasteiger partial charge in [0.05, 0.1) is 13.2 Å².